The van der Waals surface area contributed by atoms with Gasteiger partial charge in [0.1, 0.15) is 0 Å². The van der Waals surface area contributed by atoms with Crippen LogP contribution < -0.4 is 5.32 Å². The summed E-state index contributed by atoms with van der Waals surface area (Å²) in [5, 5.41) is 3.48. The first-order valence-electron chi connectivity index (χ1n) is 6.87. The van der Waals surface area contributed by atoms with Crippen LogP contribution in [-0.2, 0) is 0 Å². The average molecular weight is 225 g/mol. The van der Waals surface area contributed by atoms with Gasteiger partial charge >= 0.3 is 0 Å². The summed E-state index contributed by atoms with van der Waals surface area (Å²) in [6, 6.07) is 0. The minimum Gasteiger partial charge on any atom is -0.314 e. The summed E-state index contributed by atoms with van der Waals surface area (Å²) >= 11 is 0. The molecule has 0 aliphatic carbocycles. The molecule has 2 heterocycles. The Morgan fingerprint density at radius 3 is 2.50 bits per heavy atom. The summed E-state index contributed by atoms with van der Waals surface area (Å²) in [4.78, 5) is 5.27. The second kappa shape index (κ2) is 5.48. The molecule has 3 heteroatoms. The molecule has 0 spiro atoms. The van der Waals surface area contributed by atoms with Crippen LogP contribution in [0.25, 0.3) is 0 Å². The fourth-order valence-corrected chi connectivity index (χ4v) is 2.93. The molecule has 0 bridgehead atoms. The van der Waals surface area contributed by atoms with E-state index in [1.54, 1.807) is 0 Å². The zero-order valence-electron chi connectivity index (χ0n) is 11.0. The zero-order valence-corrected chi connectivity index (χ0v) is 11.0. The van der Waals surface area contributed by atoms with Crippen molar-refractivity contribution in [1.29, 1.82) is 0 Å². The first-order chi connectivity index (χ1) is 7.68. The summed E-state index contributed by atoms with van der Waals surface area (Å²) in [6.45, 7) is 13.5. The lowest BCUT2D eigenvalue weighted by atomic mass is 10.00. The second-order valence-corrected chi connectivity index (χ2v) is 5.88. The van der Waals surface area contributed by atoms with Crippen molar-refractivity contribution in [2.24, 2.45) is 0 Å². The predicted molar refractivity (Wildman–Crippen MR) is 68.8 cm³/mol. The van der Waals surface area contributed by atoms with Crippen LogP contribution in [0.3, 0.4) is 0 Å². The summed E-state index contributed by atoms with van der Waals surface area (Å²) in [6.07, 6.45) is 4.17. The van der Waals surface area contributed by atoms with Crippen LogP contribution in [0.15, 0.2) is 0 Å². The first-order valence-corrected chi connectivity index (χ1v) is 6.87. The molecule has 94 valence electrons. The third-order valence-corrected chi connectivity index (χ3v) is 4.07. The van der Waals surface area contributed by atoms with E-state index in [0.717, 1.165) is 13.1 Å². The Balaban J connectivity index is 1.67. The Morgan fingerprint density at radius 2 is 1.81 bits per heavy atom. The maximum Gasteiger partial charge on any atom is 0.0278 e. The van der Waals surface area contributed by atoms with Gasteiger partial charge in [-0.05, 0) is 59.3 Å². The van der Waals surface area contributed by atoms with Gasteiger partial charge in [0, 0.05) is 25.2 Å². The van der Waals surface area contributed by atoms with Gasteiger partial charge < -0.3 is 10.2 Å². The van der Waals surface area contributed by atoms with Gasteiger partial charge in [-0.2, -0.15) is 0 Å². The normalized spacial score (nSPS) is 27.4. The number of hydrogen-bond acceptors (Lipinski definition) is 3. The van der Waals surface area contributed by atoms with Crippen LogP contribution in [0.1, 0.15) is 33.1 Å². The molecule has 0 saturated carbocycles. The van der Waals surface area contributed by atoms with Crippen LogP contribution in [-0.4, -0.2) is 61.2 Å². The SMILES string of the molecule is CC1(C)CNCCN1CCCN1CCCC1. The van der Waals surface area contributed by atoms with Crippen LogP contribution in [0, 0.1) is 0 Å². The molecule has 3 nitrogen and oxygen atoms in total. The highest BCUT2D eigenvalue weighted by Gasteiger charge is 2.28. The van der Waals surface area contributed by atoms with E-state index < -0.39 is 0 Å². The van der Waals surface area contributed by atoms with Crippen LogP contribution in [0.2, 0.25) is 0 Å². The van der Waals surface area contributed by atoms with Gasteiger partial charge in [0.15, 0.2) is 0 Å². The molecule has 0 aromatic carbocycles. The Morgan fingerprint density at radius 1 is 1.06 bits per heavy atom. The summed E-state index contributed by atoms with van der Waals surface area (Å²) in [5.74, 6) is 0. The fraction of sp³-hybridized carbons (Fsp3) is 1.00. The number of nitrogens with one attached hydrogen (secondary N) is 1. The highest BCUT2D eigenvalue weighted by Crippen LogP contribution is 2.16. The van der Waals surface area contributed by atoms with Crippen LogP contribution in [0.5, 0.6) is 0 Å². The molecule has 2 saturated heterocycles. The molecule has 2 rings (SSSR count). The summed E-state index contributed by atoms with van der Waals surface area (Å²) in [7, 11) is 0. The molecular weight excluding hydrogens is 198 g/mol. The lowest BCUT2D eigenvalue weighted by Crippen LogP contribution is -2.58. The number of nitrogens with zero attached hydrogens (tertiary/aromatic N) is 2. The predicted octanol–water partition coefficient (Wildman–Crippen LogP) is 1.16. The van der Waals surface area contributed by atoms with Gasteiger partial charge in [-0.1, -0.05) is 0 Å². The Labute approximate surface area is 100 Å². The minimum absolute atomic E-state index is 0.350. The molecule has 0 radical (unpaired) electrons. The van der Waals surface area contributed by atoms with E-state index in [-0.39, 0.29) is 0 Å². The van der Waals surface area contributed by atoms with Crippen molar-refractivity contribution >= 4 is 0 Å². The highest BCUT2D eigenvalue weighted by atomic mass is 15.2. The molecule has 2 fully saturated rings. The number of piperazine rings is 1. The third kappa shape index (κ3) is 3.19. The molecule has 2 aliphatic rings. The highest BCUT2D eigenvalue weighted by molar-refractivity contribution is 4.88. The maximum atomic E-state index is 3.48. The lowest BCUT2D eigenvalue weighted by Gasteiger charge is -2.43. The maximum absolute atomic E-state index is 3.48. The van der Waals surface area contributed by atoms with Gasteiger partial charge in [0.05, 0.1) is 0 Å². The van der Waals surface area contributed by atoms with Gasteiger partial charge in [-0.15, -0.1) is 0 Å². The molecule has 1 N–H and O–H groups in total. The molecule has 0 aromatic rings. The van der Waals surface area contributed by atoms with E-state index >= 15 is 0 Å². The van der Waals surface area contributed by atoms with Crippen molar-refractivity contribution in [2.45, 2.75) is 38.6 Å². The van der Waals surface area contributed by atoms with Gasteiger partial charge in [0.2, 0.25) is 0 Å². The van der Waals surface area contributed by atoms with E-state index in [4.69, 9.17) is 0 Å². The Bertz CT molecular complexity index is 209. The number of hydrogen-bond donors (Lipinski definition) is 1. The monoisotopic (exact) mass is 225 g/mol. The third-order valence-electron chi connectivity index (χ3n) is 4.07. The van der Waals surface area contributed by atoms with Crippen molar-refractivity contribution in [3.05, 3.63) is 0 Å². The number of rotatable bonds is 4. The zero-order chi connectivity index (χ0) is 11.4. The Kier molecular flexibility index (Phi) is 4.22. The van der Waals surface area contributed by atoms with Crippen molar-refractivity contribution in [1.82, 2.24) is 15.1 Å². The van der Waals surface area contributed by atoms with Gasteiger partial charge in [-0.25, -0.2) is 0 Å². The van der Waals surface area contributed by atoms with E-state index in [9.17, 15) is 0 Å². The van der Waals surface area contributed by atoms with E-state index in [1.807, 2.05) is 0 Å². The van der Waals surface area contributed by atoms with Crippen molar-refractivity contribution < 1.29 is 0 Å². The van der Waals surface area contributed by atoms with Crippen molar-refractivity contribution in [3.8, 4) is 0 Å². The molecule has 16 heavy (non-hydrogen) atoms. The van der Waals surface area contributed by atoms with E-state index in [1.165, 1.54) is 52.0 Å². The van der Waals surface area contributed by atoms with Crippen molar-refractivity contribution in [2.75, 3.05) is 45.8 Å². The summed E-state index contributed by atoms with van der Waals surface area (Å²) < 4.78 is 0. The molecule has 0 aromatic heterocycles. The minimum atomic E-state index is 0.350. The fourth-order valence-electron chi connectivity index (χ4n) is 2.93. The topological polar surface area (TPSA) is 18.5 Å². The Hall–Kier alpha value is -0.120. The smallest absolute Gasteiger partial charge is 0.0278 e. The average Bonchev–Trinajstić information content (AvgIpc) is 2.73. The van der Waals surface area contributed by atoms with E-state index in [2.05, 4.69) is 29.0 Å². The van der Waals surface area contributed by atoms with E-state index in [0.29, 0.717) is 5.54 Å². The second-order valence-electron chi connectivity index (χ2n) is 5.88. The number of likely N-dealkylation sites (tertiary alicyclic amines) is 1. The molecule has 0 amide bonds. The largest absolute Gasteiger partial charge is 0.314 e. The molecular formula is C13H27N3. The quantitative estimate of drug-likeness (QED) is 0.774. The van der Waals surface area contributed by atoms with Crippen molar-refractivity contribution in [3.63, 3.8) is 0 Å². The standard InChI is InChI=1S/C13H27N3/c1-13(2)12-14-6-11-16(13)10-5-9-15-7-3-4-8-15/h14H,3-12H2,1-2H3. The van der Waals surface area contributed by atoms with Gasteiger partial charge in [-0.3, -0.25) is 4.90 Å². The molecule has 0 unspecified atom stereocenters. The van der Waals surface area contributed by atoms with Crippen LogP contribution in [0.4, 0.5) is 0 Å². The van der Waals surface area contributed by atoms with Gasteiger partial charge in [0.25, 0.3) is 0 Å². The molecule has 0 atom stereocenters. The van der Waals surface area contributed by atoms with Crippen LogP contribution >= 0.6 is 0 Å². The summed E-state index contributed by atoms with van der Waals surface area (Å²) in [5.41, 5.74) is 0.350. The first kappa shape index (κ1) is 12.3. The lowest BCUT2D eigenvalue weighted by molar-refractivity contribution is 0.0860. The molecule has 2 aliphatic heterocycles.